The molecule has 3 rings (SSSR count). The molecule has 1 N–H and O–H groups in total. The normalized spacial score (nSPS) is 20.5. The van der Waals surface area contributed by atoms with Crippen LogP contribution in [0.4, 0.5) is 0 Å². The molecule has 1 saturated heterocycles. The van der Waals surface area contributed by atoms with Gasteiger partial charge in [0, 0.05) is 11.6 Å². The molecule has 1 fully saturated rings. The fourth-order valence-corrected chi connectivity index (χ4v) is 2.44. The average molecular weight is 271 g/mol. The molecule has 1 aromatic heterocycles. The molecule has 0 aliphatic carbocycles. The summed E-state index contributed by atoms with van der Waals surface area (Å²) in [6.45, 7) is 8.01. The van der Waals surface area contributed by atoms with Crippen LogP contribution in [0.1, 0.15) is 27.7 Å². The van der Waals surface area contributed by atoms with Crippen LogP contribution in [0.5, 0.6) is 0 Å². The van der Waals surface area contributed by atoms with Gasteiger partial charge in [0.2, 0.25) is 0 Å². The van der Waals surface area contributed by atoms with E-state index < -0.39 is 18.3 Å². The van der Waals surface area contributed by atoms with Crippen molar-refractivity contribution in [2.45, 2.75) is 38.9 Å². The first kappa shape index (κ1) is 13.4. The fraction of sp³-hybridized carbons (Fsp3) is 0.400. The zero-order valence-electron chi connectivity index (χ0n) is 12.2. The van der Waals surface area contributed by atoms with Crippen molar-refractivity contribution in [3.63, 3.8) is 0 Å². The molecule has 0 bridgehead atoms. The molecule has 104 valence electrons. The van der Waals surface area contributed by atoms with Crippen molar-refractivity contribution in [3.8, 4) is 0 Å². The molecule has 2 aromatic rings. The number of fused-ring (bicyclic) bond motifs is 1. The van der Waals surface area contributed by atoms with Gasteiger partial charge in [-0.05, 0) is 44.6 Å². The van der Waals surface area contributed by atoms with E-state index in [1.807, 2.05) is 52.0 Å². The van der Waals surface area contributed by atoms with Gasteiger partial charge in [-0.25, -0.2) is 0 Å². The minimum atomic E-state index is -0.521. The highest BCUT2D eigenvalue weighted by Gasteiger charge is 2.52. The van der Waals surface area contributed by atoms with Gasteiger partial charge >= 0.3 is 7.12 Å². The second kappa shape index (κ2) is 4.20. The Morgan fingerprint density at radius 2 is 1.70 bits per heavy atom. The SMILES string of the molecule is CC1(C)OB(c2cccc3cc[nH]c(=O)c23)OC1(C)C. The van der Waals surface area contributed by atoms with E-state index in [9.17, 15) is 4.79 Å². The van der Waals surface area contributed by atoms with Crippen LogP contribution >= 0.6 is 0 Å². The van der Waals surface area contributed by atoms with Gasteiger partial charge < -0.3 is 14.3 Å². The smallest absolute Gasteiger partial charge is 0.399 e. The Morgan fingerprint density at radius 3 is 2.35 bits per heavy atom. The van der Waals surface area contributed by atoms with E-state index in [-0.39, 0.29) is 5.56 Å². The largest absolute Gasteiger partial charge is 0.495 e. The lowest BCUT2D eigenvalue weighted by molar-refractivity contribution is 0.00578. The molecular formula is C15H18BNO3. The maximum Gasteiger partial charge on any atom is 0.495 e. The number of nitrogens with one attached hydrogen (secondary N) is 1. The minimum Gasteiger partial charge on any atom is -0.399 e. The summed E-state index contributed by atoms with van der Waals surface area (Å²) in [5.41, 5.74) is -0.168. The second-order valence-corrected chi connectivity index (χ2v) is 6.21. The third-order valence-electron chi connectivity index (χ3n) is 4.34. The Hall–Kier alpha value is -1.59. The Bertz CT molecular complexity index is 699. The Balaban J connectivity index is 2.16. The molecule has 0 saturated carbocycles. The quantitative estimate of drug-likeness (QED) is 0.805. The summed E-state index contributed by atoms with van der Waals surface area (Å²) >= 11 is 0. The predicted molar refractivity (Wildman–Crippen MR) is 80.3 cm³/mol. The molecule has 1 aliphatic rings. The van der Waals surface area contributed by atoms with Crippen LogP contribution in [0.25, 0.3) is 10.8 Å². The van der Waals surface area contributed by atoms with Crippen LogP contribution in [0.2, 0.25) is 0 Å². The molecule has 2 heterocycles. The molecule has 0 unspecified atom stereocenters. The highest BCUT2D eigenvalue weighted by Crippen LogP contribution is 2.36. The van der Waals surface area contributed by atoms with Crippen LogP contribution < -0.4 is 11.0 Å². The van der Waals surface area contributed by atoms with E-state index >= 15 is 0 Å². The van der Waals surface area contributed by atoms with Crippen molar-refractivity contribution in [2.75, 3.05) is 0 Å². The second-order valence-electron chi connectivity index (χ2n) is 6.21. The van der Waals surface area contributed by atoms with Gasteiger partial charge in [0.25, 0.3) is 5.56 Å². The van der Waals surface area contributed by atoms with Crippen LogP contribution in [0.3, 0.4) is 0 Å². The summed E-state index contributed by atoms with van der Waals surface area (Å²) < 4.78 is 12.1. The lowest BCUT2D eigenvalue weighted by Crippen LogP contribution is -2.41. The topological polar surface area (TPSA) is 51.3 Å². The number of aromatic amines is 1. The summed E-state index contributed by atoms with van der Waals surface area (Å²) in [5.74, 6) is 0. The summed E-state index contributed by atoms with van der Waals surface area (Å²) in [5, 5.41) is 1.52. The molecule has 0 radical (unpaired) electrons. The third kappa shape index (κ3) is 1.89. The van der Waals surface area contributed by atoms with E-state index in [0.29, 0.717) is 5.39 Å². The van der Waals surface area contributed by atoms with Crippen LogP contribution in [0.15, 0.2) is 35.3 Å². The summed E-state index contributed by atoms with van der Waals surface area (Å²) in [4.78, 5) is 14.8. The first-order valence-electron chi connectivity index (χ1n) is 6.78. The van der Waals surface area contributed by atoms with Gasteiger partial charge in [0.1, 0.15) is 0 Å². The first-order valence-corrected chi connectivity index (χ1v) is 6.78. The number of rotatable bonds is 1. The predicted octanol–water partition coefficient (Wildman–Crippen LogP) is 1.83. The summed E-state index contributed by atoms with van der Waals surface area (Å²) in [6, 6.07) is 7.60. The number of aromatic nitrogens is 1. The van der Waals surface area contributed by atoms with Crippen LogP contribution in [0, 0.1) is 0 Å². The zero-order valence-corrected chi connectivity index (χ0v) is 12.2. The number of H-pyrrole nitrogens is 1. The standard InChI is InChI=1S/C15H18BNO3/c1-14(2)15(3,4)20-16(19-14)11-7-5-6-10-8-9-17-13(18)12(10)11/h5-9H,1-4H3,(H,17,18). The molecule has 4 nitrogen and oxygen atoms in total. The van der Waals surface area contributed by atoms with Crippen molar-refractivity contribution >= 4 is 23.4 Å². The van der Waals surface area contributed by atoms with Crippen LogP contribution in [-0.2, 0) is 9.31 Å². The summed E-state index contributed by atoms with van der Waals surface area (Å²) in [7, 11) is -0.521. The first-order chi connectivity index (χ1) is 9.32. The molecule has 0 atom stereocenters. The summed E-state index contributed by atoms with van der Waals surface area (Å²) in [6.07, 6.45) is 1.65. The number of hydrogen-bond acceptors (Lipinski definition) is 3. The van der Waals surface area contributed by atoms with Crippen LogP contribution in [-0.4, -0.2) is 23.3 Å². The zero-order chi connectivity index (χ0) is 14.5. The lowest BCUT2D eigenvalue weighted by Gasteiger charge is -2.32. The maximum absolute atomic E-state index is 12.1. The number of benzene rings is 1. The average Bonchev–Trinajstić information content (AvgIpc) is 2.58. The van der Waals surface area contributed by atoms with Gasteiger partial charge in [-0.2, -0.15) is 0 Å². The maximum atomic E-state index is 12.1. The monoisotopic (exact) mass is 271 g/mol. The van der Waals surface area contributed by atoms with Gasteiger partial charge in [0.05, 0.1) is 11.2 Å². The lowest BCUT2D eigenvalue weighted by atomic mass is 9.76. The fourth-order valence-electron chi connectivity index (χ4n) is 2.44. The van der Waals surface area contributed by atoms with Gasteiger partial charge in [-0.3, -0.25) is 4.79 Å². The highest BCUT2D eigenvalue weighted by molar-refractivity contribution is 6.65. The van der Waals surface area contributed by atoms with Gasteiger partial charge in [0.15, 0.2) is 0 Å². The van der Waals surface area contributed by atoms with Crippen molar-refractivity contribution < 1.29 is 9.31 Å². The molecule has 5 heteroatoms. The van der Waals surface area contributed by atoms with E-state index in [0.717, 1.165) is 10.8 Å². The van der Waals surface area contributed by atoms with Crippen molar-refractivity contribution in [3.05, 3.63) is 40.8 Å². The number of pyridine rings is 1. The minimum absolute atomic E-state index is 0.118. The molecule has 0 amide bonds. The van der Waals surface area contributed by atoms with Crippen molar-refractivity contribution in [1.29, 1.82) is 0 Å². The molecule has 1 aliphatic heterocycles. The Morgan fingerprint density at radius 1 is 1.05 bits per heavy atom. The van der Waals surface area contributed by atoms with E-state index in [4.69, 9.17) is 9.31 Å². The third-order valence-corrected chi connectivity index (χ3v) is 4.34. The Kier molecular flexibility index (Phi) is 2.82. The highest BCUT2D eigenvalue weighted by atomic mass is 16.7. The van der Waals surface area contributed by atoms with E-state index in [1.165, 1.54) is 0 Å². The van der Waals surface area contributed by atoms with E-state index in [1.54, 1.807) is 6.20 Å². The van der Waals surface area contributed by atoms with Crippen molar-refractivity contribution in [2.24, 2.45) is 0 Å². The molecular weight excluding hydrogens is 253 g/mol. The van der Waals surface area contributed by atoms with Crippen molar-refractivity contribution in [1.82, 2.24) is 4.98 Å². The van der Waals surface area contributed by atoms with Gasteiger partial charge in [-0.15, -0.1) is 0 Å². The molecule has 20 heavy (non-hydrogen) atoms. The molecule has 0 spiro atoms. The molecule has 1 aromatic carbocycles. The van der Waals surface area contributed by atoms with Gasteiger partial charge in [-0.1, -0.05) is 18.2 Å². The van der Waals surface area contributed by atoms with E-state index in [2.05, 4.69) is 4.98 Å². The number of hydrogen-bond donors (Lipinski definition) is 1. The Labute approximate surface area is 118 Å².